The SMILES string of the molecule is CNCc1ccc2c(c1)CC(=O)N2C1CNC1. The number of hydrogen-bond acceptors (Lipinski definition) is 3. The first-order valence-corrected chi connectivity index (χ1v) is 6.09. The van der Waals surface area contributed by atoms with Gasteiger partial charge in [0, 0.05) is 25.3 Å². The fourth-order valence-corrected chi connectivity index (χ4v) is 2.57. The Hall–Kier alpha value is -1.39. The number of fused-ring (bicyclic) bond motifs is 1. The third-order valence-corrected chi connectivity index (χ3v) is 3.52. The number of nitrogens with zero attached hydrogens (tertiary/aromatic N) is 1. The van der Waals surface area contributed by atoms with Gasteiger partial charge in [0.2, 0.25) is 5.91 Å². The van der Waals surface area contributed by atoms with E-state index in [-0.39, 0.29) is 5.91 Å². The molecule has 2 aliphatic rings. The molecule has 2 N–H and O–H groups in total. The van der Waals surface area contributed by atoms with Crippen LogP contribution in [0, 0.1) is 0 Å². The molecule has 0 bridgehead atoms. The van der Waals surface area contributed by atoms with Crippen LogP contribution in [0.5, 0.6) is 0 Å². The summed E-state index contributed by atoms with van der Waals surface area (Å²) >= 11 is 0. The first-order chi connectivity index (χ1) is 8.29. The molecule has 0 atom stereocenters. The molecule has 3 rings (SSSR count). The van der Waals surface area contributed by atoms with Gasteiger partial charge in [0.1, 0.15) is 0 Å². The Balaban J connectivity index is 1.91. The fourth-order valence-electron chi connectivity index (χ4n) is 2.57. The van der Waals surface area contributed by atoms with E-state index < -0.39 is 0 Å². The van der Waals surface area contributed by atoms with Crippen LogP contribution in [-0.2, 0) is 17.8 Å². The summed E-state index contributed by atoms with van der Waals surface area (Å²) in [4.78, 5) is 14.0. The molecule has 1 saturated heterocycles. The summed E-state index contributed by atoms with van der Waals surface area (Å²) in [6.07, 6.45) is 0.559. The lowest BCUT2D eigenvalue weighted by molar-refractivity contribution is -0.118. The molecule has 0 unspecified atom stereocenters. The summed E-state index contributed by atoms with van der Waals surface area (Å²) in [6.45, 7) is 2.69. The lowest BCUT2D eigenvalue weighted by Gasteiger charge is -2.36. The third-order valence-electron chi connectivity index (χ3n) is 3.52. The lowest BCUT2D eigenvalue weighted by Crippen LogP contribution is -2.58. The van der Waals surface area contributed by atoms with Gasteiger partial charge in [-0.3, -0.25) is 4.79 Å². The quantitative estimate of drug-likeness (QED) is 0.784. The number of rotatable bonds is 3. The van der Waals surface area contributed by atoms with Gasteiger partial charge < -0.3 is 15.5 Å². The molecule has 1 amide bonds. The van der Waals surface area contributed by atoms with E-state index in [1.54, 1.807) is 0 Å². The number of carbonyl (C=O) groups is 1. The summed E-state index contributed by atoms with van der Waals surface area (Å²) < 4.78 is 0. The predicted molar refractivity (Wildman–Crippen MR) is 67.1 cm³/mol. The van der Waals surface area contributed by atoms with Gasteiger partial charge in [-0.2, -0.15) is 0 Å². The molecule has 1 aromatic carbocycles. The van der Waals surface area contributed by atoms with E-state index in [0.717, 1.165) is 25.3 Å². The van der Waals surface area contributed by atoms with Gasteiger partial charge in [0.05, 0.1) is 12.5 Å². The molecule has 4 heteroatoms. The van der Waals surface area contributed by atoms with Crippen molar-refractivity contribution < 1.29 is 4.79 Å². The summed E-state index contributed by atoms with van der Waals surface area (Å²) in [5.74, 6) is 0.244. The second-order valence-corrected chi connectivity index (χ2v) is 4.75. The van der Waals surface area contributed by atoms with E-state index in [1.807, 2.05) is 11.9 Å². The van der Waals surface area contributed by atoms with E-state index >= 15 is 0 Å². The van der Waals surface area contributed by atoms with Crippen molar-refractivity contribution in [3.63, 3.8) is 0 Å². The van der Waals surface area contributed by atoms with Crippen molar-refractivity contribution in [2.45, 2.75) is 19.0 Å². The maximum absolute atomic E-state index is 12.0. The average Bonchev–Trinajstić information content (AvgIpc) is 2.54. The van der Waals surface area contributed by atoms with Crippen molar-refractivity contribution in [2.24, 2.45) is 0 Å². The minimum Gasteiger partial charge on any atom is -0.316 e. The van der Waals surface area contributed by atoms with E-state index in [9.17, 15) is 4.79 Å². The van der Waals surface area contributed by atoms with Crippen LogP contribution in [-0.4, -0.2) is 32.1 Å². The fraction of sp³-hybridized carbons (Fsp3) is 0.462. The minimum absolute atomic E-state index is 0.244. The largest absolute Gasteiger partial charge is 0.316 e. The number of amides is 1. The van der Waals surface area contributed by atoms with Crippen molar-refractivity contribution in [1.82, 2.24) is 10.6 Å². The lowest BCUT2D eigenvalue weighted by atomic mass is 10.1. The first kappa shape index (κ1) is 10.7. The molecule has 0 aromatic heterocycles. The van der Waals surface area contributed by atoms with Gasteiger partial charge >= 0.3 is 0 Å². The Kier molecular flexibility index (Phi) is 2.61. The van der Waals surface area contributed by atoms with Gasteiger partial charge in [-0.05, 0) is 24.2 Å². The predicted octanol–water partition coefficient (Wildman–Crippen LogP) is 0.267. The van der Waals surface area contributed by atoms with E-state index in [2.05, 4.69) is 28.8 Å². The molecule has 2 heterocycles. The van der Waals surface area contributed by atoms with E-state index in [0.29, 0.717) is 12.5 Å². The monoisotopic (exact) mass is 231 g/mol. The molecule has 2 aliphatic heterocycles. The molecule has 17 heavy (non-hydrogen) atoms. The first-order valence-electron chi connectivity index (χ1n) is 6.09. The van der Waals surface area contributed by atoms with Crippen LogP contribution in [0.3, 0.4) is 0 Å². The summed E-state index contributed by atoms with van der Waals surface area (Å²) in [5, 5.41) is 6.35. The zero-order valence-electron chi connectivity index (χ0n) is 9.99. The minimum atomic E-state index is 0.244. The van der Waals surface area contributed by atoms with Gasteiger partial charge in [-0.25, -0.2) is 0 Å². The highest BCUT2D eigenvalue weighted by Crippen LogP contribution is 2.32. The van der Waals surface area contributed by atoms with Crippen LogP contribution in [0.4, 0.5) is 5.69 Å². The summed E-state index contributed by atoms with van der Waals surface area (Å²) in [7, 11) is 1.94. The number of benzene rings is 1. The molecule has 4 nitrogen and oxygen atoms in total. The zero-order chi connectivity index (χ0) is 11.8. The van der Waals surface area contributed by atoms with Gasteiger partial charge in [-0.15, -0.1) is 0 Å². The van der Waals surface area contributed by atoms with Crippen molar-refractivity contribution in [3.8, 4) is 0 Å². The zero-order valence-corrected chi connectivity index (χ0v) is 9.99. The third kappa shape index (κ3) is 1.73. The van der Waals surface area contributed by atoms with Crippen molar-refractivity contribution in [2.75, 3.05) is 25.0 Å². The second-order valence-electron chi connectivity index (χ2n) is 4.75. The van der Waals surface area contributed by atoms with Crippen LogP contribution in [0.25, 0.3) is 0 Å². The van der Waals surface area contributed by atoms with Crippen molar-refractivity contribution in [3.05, 3.63) is 29.3 Å². The van der Waals surface area contributed by atoms with Gasteiger partial charge in [0.25, 0.3) is 0 Å². The van der Waals surface area contributed by atoms with Crippen LogP contribution in [0.15, 0.2) is 18.2 Å². The molecule has 0 aliphatic carbocycles. The molecule has 0 spiro atoms. The number of carbonyl (C=O) groups excluding carboxylic acids is 1. The molecule has 1 aromatic rings. The highest BCUT2D eigenvalue weighted by molar-refractivity contribution is 6.02. The molecule has 0 radical (unpaired) electrons. The Morgan fingerprint density at radius 1 is 1.47 bits per heavy atom. The second kappa shape index (κ2) is 4.13. The Bertz CT molecular complexity index is 454. The summed E-state index contributed by atoms with van der Waals surface area (Å²) in [5.41, 5.74) is 3.53. The van der Waals surface area contributed by atoms with E-state index in [1.165, 1.54) is 11.1 Å². The van der Waals surface area contributed by atoms with Gasteiger partial charge in [0.15, 0.2) is 0 Å². The molecule has 1 fully saturated rings. The topological polar surface area (TPSA) is 44.4 Å². The normalized spacial score (nSPS) is 19.4. The molecular weight excluding hydrogens is 214 g/mol. The Labute approximate surface area is 101 Å². The van der Waals surface area contributed by atoms with Gasteiger partial charge in [-0.1, -0.05) is 12.1 Å². The molecule has 0 saturated carbocycles. The smallest absolute Gasteiger partial charge is 0.231 e. The highest BCUT2D eigenvalue weighted by Gasteiger charge is 2.35. The van der Waals surface area contributed by atoms with Crippen LogP contribution < -0.4 is 15.5 Å². The van der Waals surface area contributed by atoms with Crippen LogP contribution in [0.2, 0.25) is 0 Å². The number of nitrogens with one attached hydrogen (secondary N) is 2. The number of anilines is 1. The van der Waals surface area contributed by atoms with Crippen molar-refractivity contribution >= 4 is 11.6 Å². The average molecular weight is 231 g/mol. The maximum atomic E-state index is 12.0. The summed E-state index contributed by atoms with van der Waals surface area (Å²) in [6, 6.07) is 6.70. The Morgan fingerprint density at radius 2 is 2.29 bits per heavy atom. The number of hydrogen-bond donors (Lipinski definition) is 2. The van der Waals surface area contributed by atoms with Crippen molar-refractivity contribution in [1.29, 1.82) is 0 Å². The molecular formula is C13H17N3O. The maximum Gasteiger partial charge on any atom is 0.231 e. The van der Waals surface area contributed by atoms with Crippen LogP contribution >= 0.6 is 0 Å². The van der Waals surface area contributed by atoms with E-state index in [4.69, 9.17) is 0 Å². The Morgan fingerprint density at radius 3 is 2.94 bits per heavy atom. The highest BCUT2D eigenvalue weighted by atomic mass is 16.2. The standard InChI is InChI=1S/C13H17N3O/c1-14-6-9-2-3-12-10(4-9)5-13(17)16(12)11-7-15-8-11/h2-4,11,14-15H,5-8H2,1H3. The molecule has 90 valence electrons. The van der Waals surface area contributed by atoms with Crippen LogP contribution in [0.1, 0.15) is 11.1 Å².